The molecule has 22 heavy (non-hydrogen) atoms. The van der Waals surface area contributed by atoms with Crippen LogP contribution in [0.3, 0.4) is 0 Å². The van der Waals surface area contributed by atoms with Crippen LogP contribution in [0.25, 0.3) is 0 Å². The van der Waals surface area contributed by atoms with E-state index in [0.29, 0.717) is 11.3 Å². The van der Waals surface area contributed by atoms with Gasteiger partial charge < -0.3 is 5.32 Å². The standard InChI is InChI=1S/C16H15N3O2S/c17-7-11-1-3-12(4-2-11)9-22-10-15(20)14(8-18)16(21)19-13-5-6-13/h1-4,13-14H,5-6,9-10H2,(H,19,21). The van der Waals surface area contributed by atoms with Crippen molar-refractivity contribution in [3.8, 4) is 12.1 Å². The summed E-state index contributed by atoms with van der Waals surface area (Å²) in [4.78, 5) is 23.7. The van der Waals surface area contributed by atoms with Crippen molar-refractivity contribution in [3.63, 3.8) is 0 Å². The maximum Gasteiger partial charge on any atom is 0.245 e. The first-order chi connectivity index (χ1) is 10.6. The first-order valence-corrected chi connectivity index (χ1v) is 8.09. The molecule has 1 atom stereocenters. The normalized spacial score (nSPS) is 14.5. The molecule has 1 amide bonds. The van der Waals surface area contributed by atoms with Crippen LogP contribution in [-0.2, 0) is 15.3 Å². The van der Waals surface area contributed by atoms with Crippen LogP contribution in [0.4, 0.5) is 0 Å². The molecule has 0 aromatic heterocycles. The SMILES string of the molecule is N#Cc1ccc(CSCC(=O)C(C#N)C(=O)NC2CC2)cc1. The van der Waals surface area contributed by atoms with Crippen molar-refractivity contribution < 1.29 is 9.59 Å². The number of benzene rings is 1. The molecule has 0 bridgehead atoms. The van der Waals surface area contributed by atoms with Crippen LogP contribution in [0, 0.1) is 28.6 Å². The number of carbonyl (C=O) groups excluding carboxylic acids is 2. The Morgan fingerprint density at radius 2 is 1.95 bits per heavy atom. The van der Waals surface area contributed by atoms with E-state index in [-0.39, 0.29) is 17.6 Å². The number of thioether (sulfide) groups is 1. The van der Waals surface area contributed by atoms with Crippen LogP contribution in [0.5, 0.6) is 0 Å². The molecule has 1 fully saturated rings. The number of amides is 1. The van der Waals surface area contributed by atoms with Gasteiger partial charge in [0.05, 0.1) is 23.5 Å². The molecule has 2 rings (SSSR count). The summed E-state index contributed by atoms with van der Waals surface area (Å²) in [5.41, 5.74) is 1.58. The summed E-state index contributed by atoms with van der Waals surface area (Å²) in [5, 5.41) is 20.4. The molecule has 1 aliphatic rings. The van der Waals surface area contributed by atoms with E-state index in [9.17, 15) is 9.59 Å². The van der Waals surface area contributed by atoms with Crippen molar-refractivity contribution in [1.82, 2.24) is 5.32 Å². The Kier molecular flexibility index (Phi) is 5.57. The summed E-state index contributed by atoms with van der Waals surface area (Å²) < 4.78 is 0. The lowest BCUT2D eigenvalue weighted by Crippen LogP contribution is -2.36. The molecule has 1 unspecified atom stereocenters. The lowest BCUT2D eigenvalue weighted by atomic mass is 10.1. The van der Waals surface area contributed by atoms with Gasteiger partial charge in [0, 0.05) is 11.8 Å². The molecule has 6 heteroatoms. The Labute approximate surface area is 133 Å². The number of nitrogens with zero attached hydrogens (tertiary/aromatic N) is 2. The maximum absolute atomic E-state index is 12.0. The van der Waals surface area contributed by atoms with Crippen molar-refractivity contribution in [1.29, 1.82) is 10.5 Å². The molecule has 1 aromatic rings. The lowest BCUT2D eigenvalue weighted by molar-refractivity contribution is -0.130. The number of ketones is 1. The zero-order chi connectivity index (χ0) is 15.9. The van der Waals surface area contributed by atoms with Gasteiger partial charge in [-0.15, -0.1) is 11.8 Å². The van der Waals surface area contributed by atoms with Gasteiger partial charge in [-0.05, 0) is 30.5 Å². The van der Waals surface area contributed by atoms with Crippen LogP contribution >= 0.6 is 11.8 Å². The number of rotatable bonds is 7. The van der Waals surface area contributed by atoms with E-state index in [1.54, 1.807) is 18.2 Å². The van der Waals surface area contributed by atoms with E-state index in [1.165, 1.54) is 11.8 Å². The first kappa shape index (κ1) is 16.1. The number of carbonyl (C=O) groups is 2. The fraction of sp³-hybridized carbons (Fsp3) is 0.375. The van der Waals surface area contributed by atoms with E-state index in [1.807, 2.05) is 18.2 Å². The van der Waals surface area contributed by atoms with Gasteiger partial charge in [-0.25, -0.2) is 0 Å². The fourth-order valence-electron chi connectivity index (χ4n) is 1.82. The second-order valence-electron chi connectivity index (χ2n) is 5.11. The van der Waals surface area contributed by atoms with E-state index < -0.39 is 11.8 Å². The summed E-state index contributed by atoms with van der Waals surface area (Å²) >= 11 is 1.36. The summed E-state index contributed by atoms with van der Waals surface area (Å²) in [6.07, 6.45) is 1.84. The van der Waals surface area contributed by atoms with Gasteiger partial charge >= 0.3 is 0 Å². The van der Waals surface area contributed by atoms with Gasteiger partial charge in [0.25, 0.3) is 0 Å². The summed E-state index contributed by atoms with van der Waals surface area (Å²) in [7, 11) is 0. The Hall–Kier alpha value is -2.31. The van der Waals surface area contributed by atoms with Gasteiger partial charge in [-0.1, -0.05) is 12.1 Å². The highest BCUT2D eigenvalue weighted by atomic mass is 32.2. The third kappa shape index (κ3) is 4.61. The van der Waals surface area contributed by atoms with Crippen molar-refractivity contribution in [2.24, 2.45) is 5.92 Å². The van der Waals surface area contributed by atoms with Crippen LogP contribution in [0.1, 0.15) is 24.0 Å². The Morgan fingerprint density at radius 3 is 2.50 bits per heavy atom. The molecular formula is C16H15N3O2S. The molecule has 0 radical (unpaired) electrons. The highest BCUT2D eigenvalue weighted by Crippen LogP contribution is 2.20. The van der Waals surface area contributed by atoms with E-state index >= 15 is 0 Å². The van der Waals surface area contributed by atoms with Crippen molar-refractivity contribution in [2.45, 2.75) is 24.6 Å². The molecule has 1 aromatic carbocycles. The Balaban J connectivity index is 1.79. The third-order valence-corrected chi connectivity index (χ3v) is 4.26. The molecular weight excluding hydrogens is 298 g/mol. The van der Waals surface area contributed by atoms with Gasteiger partial charge in [0.15, 0.2) is 11.7 Å². The number of hydrogen-bond donors (Lipinski definition) is 1. The molecule has 5 nitrogen and oxygen atoms in total. The average Bonchev–Trinajstić information content (AvgIpc) is 3.32. The van der Waals surface area contributed by atoms with Crippen LogP contribution in [0.15, 0.2) is 24.3 Å². The smallest absolute Gasteiger partial charge is 0.245 e. The summed E-state index contributed by atoms with van der Waals surface area (Å²) in [6, 6.07) is 11.1. The average molecular weight is 313 g/mol. The quantitative estimate of drug-likeness (QED) is 0.774. The molecule has 112 valence electrons. The van der Waals surface area contributed by atoms with Gasteiger partial charge in [-0.3, -0.25) is 9.59 Å². The molecule has 0 saturated heterocycles. The largest absolute Gasteiger partial charge is 0.352 e. The zero-order valence-corrected chi connectivity index (χ0v) is 12.7. The molecule has 0 aliphatic heterocycles. The van der Waals surface area contributed by atoms with Gasteiger partial charge in [-0.2, -0.15) is 10.5 Å². The second-order valence-corrected chi connectivity index (χ2v) is 6.10. The highest BCUT2D eigenvalue weighted by Gasteiger charge is 2.31. The molecule has 1 aliphatic carbocycles. The topological polar surface area (TPSA) is 93.8 Å². The van der Waals surface area contributed by atoms with E-state index in [2.05, 4.69) is 5.32 Å². The van der Waals surface area contributed by atoms with Gasteiger partial charge in [0.2, 0.25) is 5.91 Å². The second kappa shape index (κ2) is 7.63. The first-order valence-electron chi connectivity index (χ1n) is 6.93. The Morgan fingerprint density at radius 1 is 1.27 bits per heavy atom. The van der Waals surface area contributed by atoms with Gasteiger partial charge in [0.1, 0.15) is 0 Å². The van der Waals surface area contributed by atoms with Crippen LogP contribution in [-0.4, -0.2) is 23.5 Å². The monoisotopic (exact) mass is 313 g/mol. The number of hydrogen-bond acceptors (Lipinski definition) is 5. The summed E-state index contributed by atoms with van der Waals surface area (Å²) in [6.45, 7) is 0. The predicted octanol–water partition coefficient (Wildman–Crippen LogP) is 1.78. The number of nitrogens with one attached hydrogen (secondary N) is 1. The fourth-order valence-corrected chi connectivity index (χ4v) is 2.72. The minimum Gasteiger partial charge on any atom is -0.352 e. The van der Waals surface area contributed by atoms with Crippen LogP contribution < -0.4 is 5.32 Å². The third-order valence-electron chi connectivity index (χ3n) is 3.23. The lowest BCUT2D eigenvalue weighted by Gasteiger charge is -2.08. The highest BCUT2D eigenvalue weighted by molar-refractivity contribution is 7.99. The van der Waals surface area contributed by atoms with Crippen molar-refractivity contribution >= 4 is 23.5 Å². The van der Waals surface area contributed by atoms with Crippen molar-refractivity contribution in [2.75, 3.05) is 5.75 Å². The molecule has 1 saturated carbocycles. The minimum atomic E-state index is -1.21. The molecule has 1 N–H and O–H groups in total. The van der Waals surface area contributed by atoms with E-state index in [4.69, 9.17) is 10.5 Å². The zero-order valence-electron chi connectivity index (χ0n) is 11.9. The Bertz CT molecular complexity index is 639. The minimum absolute atomic E-state index is 0.121. The van der Waals surface area contributed by atoms with Crippen molar-refractivity contribution in [3.05, 3.63) is 35.4 Å². The maximum atomic E-state index is 12.0. The number of nitriles is 2. The molecule has 0 spiro atoms. The summed E-state index contributed by atoms with van der Waals surface area (Å²) in [5.74, 6) is -1.33. The molecule has 0 heterocycles. The number of Topliss-reactive ketones (excluding diaryl/α,β-unsaturated/α-hetero) is 1. The van der Waals surface area contributed by atoms with Crippen LogP contribution in [0.2, 0.25) is 0 Å². The predicted molar refractivity (Wildman–Crippen MR) is 82.6 cm³/mol. The van der Waals surface area contributed by atoms with E-state index in [0.717, 1.165) is 18.4 Å².